The molecule has 4 rings (SSSR count). The molecule has 0 fully saturated rings. The van der Waals surface area contributed by atoms with E-state index in [4.69, 9.17) is 14.0 Å². The van der Waals surface area contributed by atoms with Gasteiger partial charge in [-0.2, -0.15) is 8.42 Å². The Morgan fingerprint density at radius 2 is 1.91 bits per heavy atom. The van der Waals surface area contributed by atoms with Crippen molar-refractivity contribution in [2.45, 2.75) is 18.8 Å². The molecule has 12 heteroatoms. The number of nitrogens with zero attached hydrogens (tertiary/aromatic N) is 3. The molecule has 0 bridgehead atoms. The van der Waals surface area contributed by atoms with Gasteiger partial charge in [0.15, 0.2) is 23.0 Å². The van der Waals surface area contributed by atoms with Crippen molar-refractivity contribution in [3.05, 3.63) is 72.0 Å². The lowest BCUT2D eigenvalue weighted by Crippen LogP contribution is -2.31. The normalized spacial score (nSPS) is 16.2. The molecule has 0 amide bonds. The van der Waals surface area contributed by atoms with Crippen LogP contribution in [0.2, 0.25) is 0 Å². The van der Waals surface area contributed by atoms with Gasteiger partial charge in [-0.3, -0.25) is 4.55 Å². The fraction of sp³-hybridized carbons (Fsp3) is 0.261. The molecule has 186 valence electrons. The van der Waals surface area contributed by atoms with Crippen LogP contribution in [0.4, 0.5) is 0 Å². The minimum absolute atomic E-state index is 0.245. The van der Waals surface area contributed by atoms with E-state index >= 15 is 0 Å². The molecule has 1 aromatic heterocycles. The number of fused-ring (bicyclic) bond motifs is 1. The Hall–Kier alpha value is -3.74. The average Bonchev–Trinajstić information content (AvgIpc) is 3.41. The lowest BCUT2D eigenvalue weighted by molar-refractivity contribution is 0.0148. The Labute approximate surface area is 202 Å². The molecule has 2 atom stereocenters. The van der Waals surface area contributed by atoms with Gasteiger partial charge in [0.25, 0.3) is 6.29 Å². The summed E-state index contributed by atoms with van der Waals surface area (Å²) in [5.74, 6) is 0.348. The fourth-order valence-electron chi connectivity index (χ4n) is 3.59. The number of phenols is 2. The summed E-state index contributed by atoms with van der Waals surface area (Å²) in [5.41, 5.74) is 2.04. The number of rotatable bonds is 9. The second-order valence-corrected chi connectivity index (χ2v) is 9.24. The second kappa shape index (κ2) is 9.86. The largest absolute Gasteiger partial charge is 0.504 e. The van der Waals surface area contributed by atoms with E-state index in [2.05, 4.69) is 14.1 Å². The number of phenolic OH excluding ortho intramolecular Hbond substituents is 2. The molecule has 0 radical (unpaired) electrons. The van der Waals surface area contributed by atoms with Gasteiger partial charge in [-0.1, -0.05) is 12.1 Å². The quantitative estimate of drug-likeness (QED) is 0.226. The Bertz CT molecular complexity index is 1340. The predicted octanol–water partition coefficient (Wildman–Crippen LogP) is 2.58. The van der Waals surface area contributed by atoms with Crippen LogP contribution in [0.5, 0.6) is 23.0 Å². The summed E-state index contributed by atoms with van der Waals surface area (Å²) in [4.78, 5) is 6.54. The fourth-order valence-corrected chi connectivity index (χ4v) is 3.79. The van der Waals surface area contributed by atoms with Crippen LogP contribution in [-0.2, 0) is 21.0 Å². The van der Waals surface area contributed by atoms with Crippen molar-refractivity contribution in [2.24, 2.45) is 0 Å². The summed E-state index contributed by atoms with van der Waals surface area (Å²) >= 11 is 0. The van der Waals surface area contributed by atoms with E-state index in [1.54, 1.807) is 30.6 Å². The van der Waals surface area contributed by atoms with Crippen LogP contribution in [-0.4, -0.2) is 64.6 Å². The summed E-state index contributed by atoms with van der Waals surface area (Å²) in [6.45, 7) is 0.821. The first-order valence-electron chi connectivity index (χ1n) is 10.6. The van der Waals surface area contributed by atoms with Gasteiger partial charge in [-0.15, -0.1) is 0 Å². The van der Waals surface area contributed by atoms with Crippen LogP contribution in [0.3, 0.4) is 0 Å². The molecule has 0 aliphatic carbocycles. The Morgan fingerprint density at radius 1 is 1.14 bits per heavy atom. The Balaban J connectivity index is 1.61. The Kier molecular flexibility index (Phi) is 6.87. The van der Waals surface area contributed by atoms with E-state index in [-0.39, 0.29) is 11.5 Å². The molecule has 3 aromatic rings. The third kappa shape index (κ3) is 6.04. The smallest absolute Gasteiger partial charge is 0.445 e. The standard InChI is InChI=1S/C23H25N3O8S/c1-25(2)9-7-17-13-26(14-24-17)22(16-4-5-18(27)19(28)12-16)23-33-20-6-3-15(11-21(20)34-23)8-10-32-35(29,30)31/h3-6,8,10-14,22-23,27-28H,7,9H2,1-2H3,(H,29,30,31)/b10-8-/t22-,23-/m1/s1. The van der Waals surface area contributed by atoms with Crippen LogP contribution in [0, 0.1) is 0 Å². The summed E-state index contributed by atoms with van der Waals surface area (Å²) in [6.07, 6.45) is 5.63. The zero-order valence-electron chi connectivity index (χ0n) is 19.0. The van der Waals surface area contributed by atoms with Crippen molar-refractivity contribution < 1.29 is 36.8 Å². The lowest BCUT2D eigenvalue weighted by atomic mass is 10.1. The molecule has 2 heterocycles. The minimum Gasteiger partial charge on any atom is -0.504 e. The maximum absolute atomic E-state index is 10.7. The number of aromatic hydroxyl groups is 2. The molecule has 3 N–H and O–H groups in total. The molecule has 0 saturated carbocycles. The zero-order valence-corrected chi connectivity index (χ0v) is 19.8. The zero-order chi connectivity index (χ0) is 25.2. The predicted molar refractivity (Wildman–Crippen MR) is 126 cm³/mol. The molecule has 0 spiro atoms. The third-order valence-corrected chi connectivity index (χ3v) is 5.64. The maximum atomic E-state index is 10.7. The minimum atomic E-state index is -4.59. The SMILES string of the molecule is CN(C)CCc1cn([C@H](c2ccc(O)c(O)c2)[C@@H]2Oc3ccc(/C=C\OS(=O)(=O)O)cc3O2)cn1. The van der Waals surface area contributed by atoms with Gasteiger partial charge in [-0.25, -0.2) is 4.98 Å². The lowest BCUT2D eigenvalue weighted by Gasteiger charge is -2.24. The first-order valence-corrected chi connectivity index (χ1v) is 11.9. The highest BCUT2D eigenvalue weighted by Crippen LogP contribution is 2.41. The monoisotopic (exact) mass is 503 g/mol. The highest BCUT2D eigenvalue weighted by atomic mass is 32.3. The van der Waals surface area contributed by atoms with Gasteiger partial charge in [0.2, 0.25) is 0 Å². The van der Waals surface area contributed by atoms with Crippen LogP contribution < -0.4 is 9.47 Å². The number of aromatic nitrogens is 2. The van der Waals surface area contributed by atoms with E-state index in [1.807, 2.05) is 24.9 Å². The van der Waals surface area contributed by atoms with Crippen molar-refractivity contribution in [2.75, 3.05) is 20.6 Å². The molecule has 1 aliphatic heterocycles. The first kappa shape index (κ1) is 24.4. The number of likely N-dealkylation sites (N-methyl/N-ethyl adjacent to an activating group) is 1. The van der Waals surface area contributed by atoms with E-state index in [0.29, 0.717) is 22.6 Å². The summed E-state index contributed by atoms with van der Waals surface area (Å²) in [6, 6.07) is 8.88. The van der Waals surface area contributed by atoms with E-state index in [0.717, 1.165) is 24.9 Å². The van der Waals surface area contributed by atoms with Gasteiger partial charge in [0.1, 0.15) is 12.3 Å². The van der Waals surface area contributed by atoms with Crippen LogP contribution in [0.1, 0.15) is 22.9 Å². The molecule has 2 aromatic carbocycles. The van der Waals surface area contributed by atoms with Crippen molar-refractivity contribution >= 4 is 16.5 Å². The van der Waals surface area contributed by atoms with Gasteiger partial charge in [0, 0.05) is 19.2 Å². The Morgan fingerprint density at radius 3 is 2.63 bits per heavy atom. The van der Waals surface area contributed by atoms with E-state index in [9.17, 15) is 18.6 Å². The number of benzene rings is 2. The van der Waals surface area contributed by atoms with Crippen LogP contribution >= 0.6 is 0 Å². The molecular formula is C23H25N3O8S. The highest BCUT2D eigenvalue weighted by Gasteiger charge is 2.35. The summed E-state index contributed by atoms with van der Waals surface area (Å²) < 4.78 is 48.3. The van der Waals surface area contributed by atoms with Crippen LogP contribution in [0.25, 0.3) is 6.08 Å². The van der Waals surface area contributed by atoms with Crippen molar-refractivity contribution in [1.82, 2.24) is 14.5 Å². The third-order valence-electron chi connectivity index (χ3n) is 5.28. The molecule has 0 unspecified atom stereocenters. The topological polar surface area (TPSA) is 144 Å². The van der Waals surface area contributed by atoms with Crippen molar-refractivity contribution in [3.63, 3.8) is 0 Å². The van der Waals surface area contributed by atoms with E-state index < -0.39 is 22.7 Å². The van der Waals surface area contributed by atoms with Crippen molar-refractivity contribution in [3.8, 4) is 23.0 Å². The van der Waals surface area contributed by atoms with E-state index in [1.165, 1.54) is 18.2 Å². The highest BCUT2D eigenvalue weighted by molar-refractivity contribution is 7.81. The summed E-state index contributed by atoms with van der Waals surface area (Å²) in [7, 11) is -0.631. The average molecular weight is 504 g/mol. The second-order valence-electron chi connectivity index (χ2n) is 8.20. The number of hydrogen-bond acceptors (Lipinski definition) is 9. The van der Waals surface area contributed by atoms with Crippen LogP contribution in [0.15, 0.2) is 55.2 Å². The maximum Gasteiger partial charge on any atom is 0.445 e. The van der Waals surface area contributed by atoms with Gasteiger partial charge in [-0.05, 0) is 55.6 Å². The molecule has 11 nitrogen and oxygen atoms in total. The molecule has 1 aliphatic rings. The molecule has 0 saturated heterocycles. The van der Waals surface area contributed by atoms with Gasteiger partial charge in [0.05, 0.1) is 12.0 Å². The number of hydrogen-bond donors (Lipinski definition) is 3. The van der Waals surface area contributed by atoms with Gasteiger partial charge < -0.3 is 33.3 Å². The summed E-state index contributed by atoms with van der Waals surface area (Å²) in [5, 5.41) is 19.9. The van der Waals surface area contributed by atoms with Crippen molar-refractivity contribution in [1.29, 1.82) is 0 Å². The number of imidazole rings is 1. The number of ether oxygens (including phenoxy) is 2. The van der Waals surface area contributed by atoms with Gasteiger partial charge >= 0.3 is 10.4 Å². The molecule has 35 heavy (non-hydrogen) atoms. The molecular weight excluding hydrogens is 478 g/mol. The first-order chi connectivity index (χ1) is 16.6.